The number of phenols is 1. The van der Waals surface area contributed by atoms with Crippen molar-refractivity contribution in [1.29, 1.82) is 5.26 Å². The highest BCUT2D eigenvalue weighted by Gasteiger charge is 2.27. The minimum absolute atomic E-state index is 0.0765. The first-order valence-corrected chi connectivity index (χ1v) is 16.9. The van der Waals surface area contributed by atoms with E-state index in [2.05, 4.69) is 10.2 Å². The minimum Gasteiger partial charge on any atom is -0.504 e. The predicted molar refractivity (Wildman–Crippen MR) is 188 cm³/mol. The fourth-order valence-electron chi connectivity index (χ4n) is 5.83. The monoisotopic (exact) mass is 690 g/mol. The van der Waals surface area contributed by atoms with Crippen molar-refractivity contribution >= 4 is 17.9 Å². The third kappa shape index (κ3) is 10.00. The van der Waals surface area contributed by atoms with Crippen molar-refractivity contribution in [1.82, 2.24) is 10.3 Å². The van der Waals surface area contributed by atoms with Crippen LogP contribution in [0, 0.1) is 23.1 Å². The number of alkyl carbamates (subject to hydrolysis) is 1. The van der Waals surface area contributed by atoms with Crippen LogP contribution in [0.3, 0.4) is 0 Å². The van der Waals surface area contributed by atoms with E-state index in [-0.39, 0.29) is 35.0 Å². The number of phenolic OH excluding ortho intramolecular Hbond substituents is 1. The second kappa shape index (κ2) is 17.1. The highest BCUT2D eigenvalue weighted by atomic mass is 19.1. The summed E-state index contributed by atoms with van der Waals surface area (Å²) in [5.74, 6) is 0.192. The highest BCUT2D eigenvalue weighted by Crippen LogP contribution is 2.43. The van der Waals surface area contributed by atoms with Gasteiger partial charge < -0.3 is 34.3 Å². The van der Waals surface area contributed by atoms with E-state index in [0.29, 0.717) is 79.3 Å². The van der Waals surface area contributed by atoms with E-state index < -0.39 is 17.5 Å². The standard InChI is InChI=1S/C38H47FN4O7/c1-24(36(45)48-6)10-8-7-9-19-49-32-22-33(43-17-15-28(16-18-43)41-37(46)50-38(2,3)4)42-35(26-11-12-27(23-40)29(39)20-26)34(32)25-13-14-31(47-5)30(44)21-25/h11-14,20-22,24,28,44H,7-10,15-19H2,1-6H3,(H,41,46). The fourth-order valence-corrected chi connectivity index (χ4v) is 5.83. The van der Waals surface area contributed by atoms with Crippen LogP contribution in [0.2, 0.25) is 0 Å². The summed E-state index contributed by atoms with van der Waals surface area (Å²) in [4.78, 5) is 31.3. The lowest BCUT2D eigenvalue weighted by atomic mass is 9.96. The molecule has 12 heteroatoms. The molecule has 1 unspecified atom stereocenters. The van der Waals surface area contributed by atoms with E-state index in [9.17, 15) is 20.0 Å². The molecular weight excluding hydrogens is 643 g/mol. The number of nitriles is 1. The SMILES string of the molecule is COC(=O)C(C)CCCCCOc1cc(N2CCC(NC(=O)OC(C)(C)C)CC2)nc(-c2ccc(C#N)c(F)c2)c1-c1ccc(OC)c(O)c1. The van der Waals surface area contributed by atoms with Gasteiger partial charge in [0.15, 0.2) is 11.5 Å². The van der Waals surface area contributed by atoms with Crippen LogP contribution in [0.25, 0.3) is 22.4 Å². The third-order valence-corrected chi connectivity index (χ3v) is 8.48. The Morgan fingerprint density at radius 3 is 2.40 bits per heavy atom. The second-order valence-electron chi connectivity index (χ2n) is 13.4. The predicted octanol–water partition coefficient (Wildman–Crippen LogP) is 7.38. The zero-order valence-electron chi connectivity index (χ0n) is 29.7. The van der Waals surface area contributed by atoms with E-state index in [1.165, 1.54) is 26.4 Å². The number of ether oxygens (including phenoxy) is 4. The molecule has 2 aromatic carbocycles. The van der Waals surface area contributed by atoms with Gasteiger partial charge in [-0.05, 0) is 76.3 Å². The molecule has 2 heterocycles. The van der Waals surface area contributed by atoms with Crippen molar-refractivity contribution in [3.63, 3.8) is 0 Å². The number of hydrogen-bond acceptors (Lipinski definition) is 10. The Morgan fingerprint density at radius 1 is 1.06 bits per heavy atom. The van der Waals surface area contributed by atoms with E-state index >= 15 is 4.39 Å². The molecule has 50 heavy (non-hydrogen) atoms. The van der Waals surface area contributed by atoms with Gasteiger partial charge in [0.1, 0.15) is 29.1 Å². The average Bonchev–Trinajstić information content (AvgIpc) is 3.08. The molecule has 11 nitrogen and oxygen atoms in total. The van der Waals surface area contributed by atoms with Crippen LogP contribution in [0.4, 0.5) is 15.0 Å². The summed E-state index contributed by atoms with van der Waals surface area (Å²) >= 11 is 0. The van der Waals surface area contributed by atoms with Crippen molar-refractivity contribution in [2.45, 2.75) is 77.9 Å². The van der Waals surface area contributed by atoms with Crippen LogP contribution < -0.4 is 19.7 Å². The number of rotatable bonds is 13. The molecule has 1 fully saturated rings. The quantitative estimate of drug-likeness (QED) is 0.138. The maximum Gasteiger partial charge on any atom is 0.407 e. The van der Waals surface area contributed by atoms with Crippen LogP contribution >= 0.6 is 0 Å². The number of methoxy groups -OCH3 is 2. The van der Waals surface area contributed by atoms with Crippen LogP contribution in [-0.4, -0.2) is 67.7 Å². The number of esters is 1. The molecular formula is C38H47FN4O7. The number of nitrogens with one attached hydrogen (secondary N) is 1. The highest BCUT2D eigenvalue weighted by molar-refractivity contribution is 5.88. The van der Waals surface area contributed by atoms with Crippen LogP contribution in [0.1, 0.15) is 71.8 Å². The Hall–Kier alpha value is -5.05. The Kier molecular flexibility index (Phi) is 12.9. The Morgan fingerprint density at radius 2 is 1.78 bits per heavy atom. The molecule has 4 rings (SSSR count). The Balaban J connectivity index is 1.69. The Bertz CT molecular complexity index is 1690. The number of carbonyl (C=O) groups excluding carboxylic acids is 2. The normalized spacial score (nSPS) is 14.0. The lowest BCUT2D eigenvalue weighted by Crippen LogP contribution is -2.46. The number of anilines is 1. The van der Waals surface area contributed by atoms with Gasteiger partial charge in [0.2, 0.25) is 0 Å². The summed E-state index contributed by atoms with van der Waals surface area (Å²) in [5.41, 5.74) is 1.26. The zero-order chi connectivity index (χ0) is 36.4. The molecule has 1 atom stereocenters. The fraction of sp³-hybridized carbons (Fsp3) is 0.474. The zero-order valence-corrected chi connectivity index (χ0v) is 29.7. The van der Waals surface area contributed by atoms with Gasteiger partial charge in [0.05, 0.1) is 43.6 Å². The van der Waals surface area contributed by atoms with Gasteiger partial charge >= 0.3 is 12.1 Å². The molecule has 1 amide bonds. The average molecular weight is 691 g/mol. The van der Waals surface area contributed by atoms with Gasteiger partial charge in [-0.2, -0.15) is 5.26 Å². The van der Waals surface area contributed by atoms with Gasteiger partial charge in [-0.3, -0.25) is 4.79 Å². The van der Waals surface area contributed by atoms with Crippen molar-refractivity contribution < 1.29 is 38.0 Å². The largest absolute Gasteiger partial charge is 0.504 e. The van der Waals surface area contributed by atoms with Gasteiger partial charge in [0, 0.05) is 30.8 Å². The van der Waals surface area contributed by atoms with E-state index in [4.69, 9.17) is 23.9 Å². The molecule has 0 spiro atoms. The van der Waals surface area contributed by atoms with E-state index in [1.807, 2.05) is 39.8 Å². The van der Waals surface area contributed by atoms with Crippen LogP contribution in [-0.2, 0) is 14.3 Å². The molecule has 1 saturated heterocycles. The molecule has 2 N–H and O–H groups in total. The molecule has 1 aliphatic rings. The maximum absolute atomic E-state index is 15.1. The second-order valence-corrected chi connectivity index (χ2v) is 13.4. The summed E-state index contributed by atoms with van der Waals surface area (Å²) in [6.07, 6.45) is 3.90. The number of pyridine rings is 1. The molecule has 3 aromatic rings. The number of nitrogens with zero attached hydrogens (tertiary/aromatic N) is 3. The summed E-state index contributed by atoms with van der Waals surface area (Å²) in [6, 6.07) is 12.9. The summed E-state index contributed by atoms with van der Waals surface area (Å²) < 4.78 is 37.1. The number of hydrogen-bond donors (Lipinski definition) is 2. The lowest BCUT2D eigenvalue weighted by Gasteiger charge is -2.34. The third-order valence-electron chi connectivity index (χ3n) is 8.48. The Labute approximate surface area is 293 Å². The molecule has 1 aliphatic heterocycles. The summed E-state index contributed by atoms with van der Waals surface area (Å²) in [6.45, 7) is 8.82. The maximum atomic E-state index is 15.1. The first kappa shape index (κ1) is 37.8. The van der Waals surface area contributed by atoms with Gasteiger partial charge in [-0.1, -0.05) is 31.9 Å². The first-order valence-electron chi connectivity index (χ1n) is 16.9. The number of unbranched alkanes of at least 4 members (excludes halogenated alkanes) is 2. The van der Waals surface area contributed by atoms with Crippen LogP contribution in [0.5, 0.6) is 17.2 Å². The summed E-state index contributed by atoms with van der Waals surface area (Å²) in [7, 11) is 2.85. The first-order chi connectivity index (χ1) is 23.8. The molecule has 0 radical (unpaired) electrons. The minimum atomic E-state index is -0.682. The van der Waals surface area contributed by atoms with Gasteiger partial charge in [0.25, 0.3) is 0 Å². The smallest absolute Gasteiger partial charge is 0.407 e. The lowest BCUT2D eigenvalue weighted by molar-refractivity contribution is -0.145. The molecule has 268 valence electrons. The van der Waals surface area contributed by atoms with Gasteiger partial charge in [-0.25, -0.2) is 14.2 Å². The molecule has 1 aromatic heterocycles. The number of amides is 1. The van der Waals surface area contributed by atoms with E-state index in [0.717, 1.165) is 12.8 Å². The number of aromatic hydroxyl groups is 1. The van der Waals surface area contributed by atoms with Crippen molar-refractivity contribution in [3.8, 4) is 45.7 Å². The summed E-state index contributed by atoms with van der Waals surface area (Å²) in [5, 5.41) is 23.1. The van der Waals surface area contributed by atoms with Crippen molar-refractivity contribution in [2.24, 2.45) is 5.92 Å². The molecule has 0 bridgehead atoms. The van der Waals surface area contributed by atoms with Crippen LogP contribution in [0.15, 0.2) is 42.5 Å². The number of aromatic nitrogens is 1. The van der Waals surface area contributed by atoms with Crippen molar-refractivity contribution in [3.05, 3.63) is 53.8 Å². The van der Waals surface area contributed by atoms with Gasteiger partial charge in [-0.15, -0.1) is 0 Å². The number of carbonyl (C=O) groups is 2. The van der Waals surface area contributed by atoms with E-state index in [1.54, 1.807) is 24.3 Å². The van der Waals surface area contributed by atoms with Crippen molar-refractivity contribution in [2.75, 3.05) is 38.8 Å². The topological polar surface area (TPSA) is 143 Å². The number of halogens is 1. The number of benzene rings is 2. The number of piperidine rings is 1. The molecule has 0 aliphatic carbocycles. The molecule has 0 saturated carbocycles.